The zero-order chi connectivity index (χ0) is 29.8. The van der Waals surface area contributed by atoms with Gasteiger partial charge in [0.05, 0.1) is 29.3 Å². The molecule has 9 nitrogen and oxygen atoms in total. The van der Waals surface area contributed by atoms with Gasteiger partial charge >= 0.3 is 12.1 Å². The molecule has 0 unspecified atom stereocenters. The molecule has 1 amide bonds. The van der Waals surface area contributed by atoms with Crippen LogP contribution in [0.3, 0.4) is 0 Å². The van der Waals surface area contributed by atoms with E-state index in [2.05, 4.69) is 13.2 Å². The van der Waals surface area contributed by atoms with Crippen LogP contribution in [0.2, 0.25) is 0 Å². The quantitative estimate of drug-likeness (QED) is 0.112. The summed E-state index contributed by atoms with van der Waals surface area (Å²) in [6.07, 6.45) is 9.93. The fourth-order valence-corrected chi connectivity index (χ4v) is 4.85. The van der Waals surface area contributed by atoms with Crippen LogP contribution in [-0.4, -0.2) is 54.7 Å². The van der Waals surface area contributed by atoms with E-state index in [1.807, 2.05) is 19.9 Å². The number of allylic oxidation sites excluding steroid dienone is 6. The Balaban J connectivity index is 2.10. The fraction of sp³-hybridized carbons (Fsp3) is 0.548. The molecule has 2 N–H and O–H groups in total. The van der Waals surface area contributed by atoms with Gasteiger partial charge in [-0.1, -0.05) is 26.0 Å². The van der Waals surface area contributed by atoms with Crippen molar-refractivity contribution in [3.63, 3.8) is 0 Å². The lowest BCUT2D eigenvalue weighted by molar-refractivity contribution is -0.155. The predicted octanol–water partition coefficient (Wildman–Crippen LogP) is 5.40. The van der Waals surface area contributed by atoms with E-state index < -0.39 is 11.9 Å². The molecule has 2 aliphatic carbocycles. The number of ether oxygens (including phenoxy) is 3. The van der Waals surface area contributed by atoms with Crippen LogP contribution in [0, 0.1) is 17.2 Å². The summed E-state index contributed by atoms with van der Waals surface area (Å²) in [6.45, 7) is 12.4. The first-order valence-electron chi connectivity index (χ1n) is 13.9. The molecule has 2 aliphatic rings. The third-order valence-electron chi connectivity index (χ3n) is 7.17. The minimum Gasteiger partial charge on any atom is -0.489 e. The van der Waals surface area contributed by atoms with Crippen molar-refractivity contribution in [2.75, 3.05) is 13.7 Å². The van der Waals surface area contributed by atoms with Gasteiger partial charge in [-0.05, 0) is 77.5 Å². The van der Waals surface area contributed by atoms with Crippen molar-refractivity contribution >= 4 is 17.8 Å². The van der Waals surface area contributed by atoms with Gasteiger partial charge in [-0.15, -0.1) is 0 Å². The average Bonchev–Trinajstić information content (AvgIpc) is 3.46. The van der Waals surface area contributed by atoms with E-state index in [0.29, 0.717) is 19.3 Å². The molecule has 0 aromatic heterocycles. The topological polar surface area (TPSA) is 132 Å². The Bertz CT molecular complexity index is 1100. The van der Waals surface area contributed by atoms with Crippen molar-refractivity contribution in [3.05, 3.63) is 59.6 Å². The SMILES string of the molecule is C=C/C(C#N)=C(\C=C/C(=C)C(=O)C(COC(=O)N(C)C1CCCC1)=C(C)N)O[C@H]1CCC[C@H](C(=O)OC(C)C)C1. The van der Waals surface area contributed by atoms with Gasteiger partial charge in [0.25, 0.3) is 0 Å². The van der Waals surface area contributed by atoms with E-state index in [1.165, 1.54) is 18.2 Å². The minimum absolute atomic E-state index is 0.0736. The number of ketones is 1. The van der Waals surface area contributed by atoms with Gasteiger partial charge in [0, 0.05) is 24.4 Å². The molecule has 9 heteroatoms. The maximum absolute atomic E-state index is 13.2. The maximum Gasteiger partial charge on any atom is 0.410 e. The first kappa shape index (κ1) is 32.4. The van der Waals surface area contributed by atoms with Crippen LogP contribution in [0.25, 0.3) is 0 Å². The molecule has 0 aromatic rings. The van der Waals surface area contributed by atoms with Crippen LogP contribution in [0.5, 0.6) is 0 Å². The molecule has 0 aromatic carbocycles. The largest absolute Gasteiger partial charge is 0.489 e. The smallest absolute Gasteiger partial charge is 0.410 e. The summed E-state index contributed by atoms with van der Waals surface area (Å²) in [7, 11) is 1.70. The van der Waals surface area contributed by atoms with Crippen molar-refractivity contribution in [1.82, 2.24) is 4.90 Å². The molecular weight excluding hydrogens is 510 g/mol. The number of rotatable bonds is 12. The van der Waals surface area contributed by atoms with Crippen LogP contribution in [0.15, 0.2) is 59.6 Å². The monoisotopic (exact) mass is 553 g/mol. The number of hydrogen-bond donors (Lipinski definition) is 1. The Morgan fingerprint density at radius 3 is 2.38 bits per heavy atom. The molecule has 2 rings (SSSR count). The van der Waals surface area contributed by atoms with Gasteiger partial charge in [-0.3, -0.25) is 9.59 Å². The lowest BCUT2D eigenvalue weighted by Gasteiger charge is -2.29. The van der Waals surface area contributed by atoms with Crippen LogP contribution < -0.4 is 5.73 Å². The Labute approximate surface area is 238 Å². The normalized spacial score (nSPS) is 20.7. The summed E-state index contributed by atoms with van der Waals surface area (Å²) in [5, 5.41) is 9.61. The van der Waals surface area contributed by atoms with Crippen molar-refractivity contribution in [1.29, 1.82) is 5.26 Å². The van der Waals surface area contributed by atoms with Crippen LogP contribution in [0.1, 0.15) is 72.1 Å². The minimum atomic E-state index is -0.508. The number of Topliss-reactive ketones (excluding diaryl/α,β-unsaturated/α-hetero) is 1. The first-order chi connectivity index (χ1) is 19.0. The molecule has 40 heavy (non-hydrogen) atoms. The molecule has 0 radical (unpaired) electrons. The van der Waals surface area contributed by atoms with Gasteiger partial charge < -0.3 is 24.8 Å². The first-order valence-corrected chi connectivity index (χ1v) is 13.9. The average molecular weight is 554 g/mol. The lowest BCUT2D eigenvalue weighted by Crippen LogP contribution is -2.36. The zero-order valence-electron chi connectivity index (χ0n) is 24.2. The maximum atomic E-state index is 13.2. The Morgan fingerprint density at radius 1 is 1.12 bits per heavy atom. The Hall–Kier alpha value is -3.80. The van der Waals surface area contributed by atoms with E-state index in [0.717, 1.165) is 32.1 Å². The molecule has 2 saturated carbocycles. The summed E-state index contributed by atoms with van der Waals surface area (Å²) >= 11 is 0. The molecular formula is C31H43N3O6. The molecule has 0 bridgehead atoms. The van der Waals surface area contributed by atoms with Crippen molar-refractivity contribution < 1.29 is 28.6 Å². The summed E-state index contributed by atoms with van der Waals surface area (Å²) in [4.78, 5) is 39.7. The predicted molar refractivity (Wildman–Crippen MR) is 152 cm³/mol. The highest BCUT2D eigenvalue weighted by molar-refractivity contribution is 6.10. The van der Waals surface area contributed by atoms with Gasteiger partial charge in [0.2, 0.25) is 0 Å². The Morgan fingerprint density at radius 2 is 1.80 bits per heavy atom. The van der Waals surface area contributed by atoms with Crippen molar-refractivity contribution in [2.24, 2.45) is 11.7 Å². The van der Waals surface area contributed by atoms with Gasteiger partial charge in [-0.2, -0.15) is 5.26 Å². The number of carbonyl (C=O) groups excluding carboxylic acids is 3. The number of amides is 1. The highest BCUT2D eigenvalue weighted by atomic mass is 16.6. The van der Waals surface area contributed by atoms with E-state index in [9.17, 15) is 19.6 Å². The number of carbonyl (C=O) groups is 3. The van der Waals surface area contributed by atoms with Crippen LogP contribution >= 0.6 is 0 Å². The second kappa shape index (κ2) is 15.7. The van der Waals surface area contributed by atoms with Gasteiger partial charge in [-0.25, -0.2) is 4.79 Å². The number of nitrogens with zero attached hydrogens (tertiary/aromatic N) is 2. The number of nitrogens with two attached hydrogens (primary N) is 1. The fourth-order valence-electron chi connectivity index (χ4n) is 4.85. The lowest BCUT2D eigenvalue weighted by atomic mass is 9.87. The highest BCUT2D eigenvalue weighted by Crippen LogP contribution is 2.30. The second-order valence-electron chi connectivity index (χ2n) is 10.6. The molecule has 0 spiro atoms. The van der Waals surface area contributed by atoms with Gasteiger partial charge in [0.15, 0.2) is 5.78 Å². The van der Waals surface area contributed by atoms with E-state index in [1.54, 1.807) is 18.9 Å². The number of esters is 1. The summed E-state index contributed by atoms with van der Waals surface area (Å²) in [5.41, 5.74) is 6.55. The van der Waals surface area contributed by atoms with E-state index in [4.69, 9.17) is 19.9 Å². The summed E-state index contributed by atoms with van der Waals surface area (Å²) in [6, 6.07) is 2.19. The summed E-state index contributed by atoms with van der Waals surface area (Å²) in [5.74, 6) is -0.806. The molecule has 218 valence electrons. The third-order valence-corrected chi connectivity index (χ3v) is 7.17. The Kier molecular flexibility index (Phi) is 12.7. The summed E-state index contributed by atoms with van der Waals surface area (Å²) < 4.78 is 16.9. The molecule has 0 aliphatic heterocycles. The van der Waals surface area contributed by atoms with Crippen molar-refractivity contribution in [2.45, 2.75) is 90.4 Å². The molecule has 0 saturated heterocycles. The van der Waals surface area contributed by atoms with Crippen LogP contribution in [-0.2, 0) is 23.8 Å². The zero-order valence-corrected chi connectivity index (χ0v) is 24.2. The molecule has 2 fully saturated rings. The van der Waals surface area contributed by atoms with E-state index >= 15 is 0 Å². The standard InChI is InChI=1S/C31H43N3O6/c1-7-23(18-32)28(40-26-14-10-11-24(17-26)30(36)39-20(2)3)16-15-21(4)29(35)27(22(5)33)19-38-31(37)34(6)25-12-8-9-13-25/h7,15-16,20,24-26H,1,4,8-14,17,19,33H2,2-3,5-6H3/b16-15-,27-22?,28-23-/t24-,26-/m0/s1. The number of nitriles is 1. The second-order valence-corrected chi connectivity index (χ2v) is 10.6. The van der Waals surface area contributed by atoms with Gasteiger partial charge in [0.1, 0.15) is 18.4 Å². The highest BCUT2D eigenvalue weighted by Gasteiger charge is 2.31. The van der Waals surface area contributed by atoms with Crippen molar-refractivity contribution in [3.8, 4) is 6.07 Å². The molecule has 2 atom stereocenters. The number of hydrogen-bond acceptors (Lipinski definition) is 8. The van der Waals surface area contributed by atoms with Crippen LogP contribution in [0.4, 0.5) is 4.79 Å². The third kappa shape index (κ3) is 9.44. The molecule has 0 heterocycles. The van der Waals surface area contributed by atoms with E-state index in [-0.39, 0.29) is 64.9 Å².